The molecule has 3 aromatic rings. The first-order valence-electron chi connectivity index (χ1n) is 6.66. The Labute approximate surface area is 135 Å². The number of anilines is 1. The van der Waals surface area contributed by atoms with Gasteiger partial charge in [-0.2, -0.15) is 0 Å². The van der Waals surface area contributed by atoms with E-state index in [-0.39, 0.29) is 11.5 Å². The molecule has 0 aliphatic rings. The molecule has 0 atom stereocenters. The highest BCUT2D eigenvalue weighted by atomic mass is 32.1. The second-order valence-corrected chi connectivity index (χ2v) is 5.72. The number of methoxy groups -OCH3 is 1. The van der Waals surface area contributed by atoms with Gasteiger partial charge < -0.3 is 9.84 Å². The van der Waals surface area contributed by atoms with E-state index in [1.165, 1.54) is 30.6 Å². The van der Waals surface area contributed by atoms with Crippen LogP contribution in [0.2, 0.25) is 0 Å². The Morgan fingerprint density at radius 1 is 1.17 bits per heavy atom. The number of carboxylic acids is 1. The van der Waals surface area contributed by atoms with Gasteiger partial charge in [0, 0.05) is 5.56 Å². The number of hydrogen-bond acceptors (Lipinski definition) is 5. The number of aromatic carboxylic acids is 1. The third kappa shape index (κ3) is 3.14. The summed E-state index contributed by atoms with van der Waals surface area (Å²) in [6, 6.07) is 11.4. The molecule has 0 aliphatic heterocycles. The maximum Gasteiger partial charge on any atom is 0.335 e. The molecule has 23 heavy (non-hydrogen) atoms. The van der Waals surface area contributed by atoms with Crippen molar-refractivity contribution in [3.05, 3.63) is 53.6 Å². The molecule has 0 radical (unpaired) electrons. The largest absolute Gasteiger partial charge is 0.497 e. The van der Waals surface area contributed by atoms with Crippen LogP contribution in [0.25, 0.3) is 10.2 Å². The summed E-state index contributed by atoms with van der Waals surface area (Å²) in [7, 11) is 1.53. The zero-order chi connectivity index (χ0) is 16.4. The second kappa shape index (κ2) is 6.05. The van der Waals surface area contributed by atoms with Gasteiger partial charge in [-0.25, -0.2) is 9.78 Å². The first-order valence-corrected chi connectivity index (χ1v) is 7.48. The van der Waals surface area contributed by atoms with Crippen LogP contribution in [0.5, 0.6) is 5.75 Å². The van der Waals surface area contributed by atoms with Gasteiger partial charge in [0.1, 0.15) is 5.75 Å². The summed E-state index contributed by atoms with van der Waals surface area (Å²) in [6.45, 7) is 0. The van der Waals surface area contributed by atoms with E-state index in [1.54, 1.807) is 30.3 Å². The molecule has 1 amide bonds. The molecule has 0 unspecified atom stereocenters. The molecule has 0 spiro atoms. The van der Waals surface area contributed by atoms with Crippen molar-refractivity contribution in [2.45, 2.75) is 0 Å². The van der Waals surface area contributed by atoms with Crippen LogP contribution in [0.4, 0.5) is 5.13 Å². The summed E-state index contributed by atoms with van der Waals surface area (Å²) in [5, 5.41) is 12.1. The number of aromatic nitrogens is 1. The number of nitrogens with one attached hydrogen (secondary N) is 1. The fraction of sp³-hybridized carbons (Fsp3) is 0.0625. The van der Waals surface area contributed by atoms with E-state index in [0.29, 0.717) is 26.7 Å². The van der Waals surface area contributed by atoms with Crippen LogP contribution in [-0.4, -0.2) is 29.1 Å². The third-order valence-corrected chi connectivity index (χ3v) is 4.12. The highest BCUT2D eigenvalue weighted by Gasteiger charge is 2.12. The molecule has 0 fully saturated rings. The van der Waals surface area contributed by atoms with Gasteiger partial charge >= 0.3 is 5.97 Å². The smallest absolute Gasteiger partial charge is 0.335 e. The zero-order valence-electron chi connectivity index (χ0n) is 12.1. The van der Waals surface area contributed by atoms with Crippen LogP contribution in [0.3, 0.4) is 0 Å². The Hall–Kier alpha value is -2.93. The molecule has 0 saturated carbocycles. The second-order valence-electron chi connectivity index (χ2n) is 4.69. The van der Waals surface area contributed by atoms with Crippen LogP contribution in [0.1, 0.15) is 20.7 Å². The van der Waals surface area contributed by atoms with E-state index in [1.807, 2.05) is 0 Å². The minimum Gasteiger partial charge on any atom is -0.497 e. The molecule has 116 valence electrons. The van der Waals surface area contributed by atoms with Gasteiger partial charge in [0.05, 0.1) is 22.9 Å². The van der Waals surface area contributed by atoms with Crippen LogP contribution >= 0.6 is 11.3 Å². The van der Waals surface area contributed by atoms with Gasteiger partial charge in [0.25, 0.3) is 5.91 Å². The van der Waals surface area contributed by atoms with Gasteiger partial charge in [0.15, 0.2) is 5.13 Å². The molecule has 1 aromatic heterocycles. The monoisotopic (exact) mass is 328 g/mol. The van der Waals surface area contributed by atoms with Gasteiger partial charge in [-0.3, -0.25) is 10.1 Å². The predicted octanol–water partition coefficient (Wildman–Crippen LogP) is 3.26. The fourth-order valence-corrected chi connectivity index (χ4v) is 2.94. The van der Waals surface area contributed by atoms with Crippen LogP contribution in [0, 0.1) is 0 Å². The Morgan fingerprint density at radius 2 is 2.00 bits per heavy atom. The average molecular weight is 328 g/mol. The Balaban J connectivity index is 1.85. The Kier molecular flexibility index (Phi) is 3.94. The minimum absolute atomic E-state index is 0.187. The summed E-state index contributed by atoms with van der Waals surface area (Å²) < 4.78 is 5.79. The van der Waals surface area contributed by atoms with Crippen molar-refractivity contribution in [1.82, 2.24) is 4.98 Å². The van der Waals surface area contributed by atoms with Crippen LogP contribution < -0.4 is 10.1 Å². The molecular weight excluding hydrogens is 316 g/mol. The molecule has 0 aliphatic carbocycles. The lowest BCUT2D eigenvalue weighted by molar-refractivity contribution is 0.0697. The van der Waals surface area contributed by atoms with E-state index >= 15 is 0 Å². The summed E-state index contributed by atoms with van der Waals surface area (Å²) in [5.74, 6) is -0.711. The minimum atomic E-state index is -0.998. The molecule has 3 rings (SSSR count). The highest BCUT2D eigenvalue weighted by Crippen LogP contribution is 2.27. The van der Waals surface area contributed by atoms with E-state index in [2.05, 4.69) is 10.3 Å². The molecule has 2 N–H and O–H groups in total. The van der Waals surface area contributed by atoms with Crippen molar-refractivity contribution in [3.63, 3.8) is 0 Å². The van der Waals surface area contributed by atoms with Crippen molar-refractivity contribution < 1.29 is 19.4 Å². The summed E-state index contributed by atoms with van der Waals surface area (Å²) >= 11 is 1.22. The quantitative estimate of drug-likeness (QED) is 0.767. The van der Waals surface area contributed by atoms with Gasteiger partial charge in [-0.15, -0.1) is 0 Å². The number of carboxylic acid groups (broad SMARTS) is 1. The number of thiazole rings is 1. The lowest BCUT2D eigenvalue weighted by atomic mass is 10.2. The molecule has 1 heterocycles. The Morgan fingerprint density at radius 3 is 2.74 bits per heavy atom. The molecule has 2 aromatic carbocycles. The lowest BCUT2D eigenvalue weighted by Gasteiger charge is -2.03. The zero-order valence-corrected chi connectivity index (χ0v) is 12.9. The normalized spacial score (nSPS) is 10.5. The summed E-state index contributed by atoms with van der Waals surface area (Å²) in [4.78, 5) is 27.5. The molecule has 7 heteroatoms. The summed E-state index contributed by atoms with van der Waals surface area (Å²) in [6.07, 6.45) is 0. The number of nitrogens with zero attached hydrogens (tertiary/aromatic N) is 1. The number of benzene rings is 2. The number of rotatable bonds is 4. The number of ether oxygens (including phenoxy) is 1. The van der Waals surface area contributed by atoms with E-state index in [0.717, 1.165) is 0 Å². The van der Waals surface area contributed by atoms with Crippen LogP contribution in [0.15, 0.2) is 42.5 Å². The maximum absolute atomic E-state index is 12.2. The lowest BCUT2D eigenvalue weighted by Crippen LogP contribution is -2.11. The topological polar surface area (TPSA) is 88.5 Å². The number of hydrogen-bond donors (Lipinski definition) is 2. The van der Waals surface area contributed by atoms with Crippen molar-refractivity contribution in [1.29, 1.82) is 0 Å². The van der Waals surface area contributed by atoms with Gasteiger partial charge in [-0.1, -0.05) is 17.4 Å². The maximum atomic E-state index is 12.2. The Bertz CT molecular complexity index is 904. The number of carbonyl (C=O) groups excluding carboxylic acids is 1. The number of amides is 1. The van der Waals surface area contributed by atoms with E-state index < -0.39 is 5.97 Å². The number of fused-ring (bicyclic) bond motifs is 1. The fourth-order valence-electron chi connectivity index (χ4n) is 2.04. The number of carbonyl (C=O) groups is 2. The van der Waals surface area contributed by atoms with Crippen molar-refractivity contribution in [3.8, 4) is 5.75 Å². The first kappa shape index (κ1) is 15.0. The SMILES string of the molecule is COc1cccc(C(=O)Nc2nc3ccc(C(=O)O)cc3s2)c1. The van der Waals surface area contributed by atoms with Crippen molar-refractivity contribution in [2.75, 3.05) is 12.4 Å². The van der Waals surface area contributed by atoms with E-state index in [4.69, 9.17) is 9.84 Å². The molecule has 0 saturated heterocycles. The summed E-state index contributed by atoms with van der Waals surface area (Å²) in [5.41, 5.74) is 1.28. The predicted molar refractivity (Wildman–Crippen MR) is 87.5 cm³/mol. The molecule has 0 bridgehead atoms. The molecular formula is C16H12N2O4S. The standard InChI is InChI=1S/C16H12N2O4S/c1-22-11-4-2-3-9(7-11)14(19)18-16-17-12-6-5-10(15(20)21)8-13(12)23-16/h2-8H,1H3,(H,20,21)(H,17,18,19). The van der Waals surface area contributed by atoms with Crippen molar-refractivity contribution >= 4 is 38.6 Å². The van der Waals surface area contributed by atoms with Crippen LogP contribution in [-0.2, 0) is 0 Å². The average Bonchev–Trinajstić information content (AvgIpc) is 2.96. The van der Waals surface area contributed by atoms with Gasteiger partial charge in [-0.05, 0) is 36.4 Å². The molecule has 6 nitrogen and oxygen atoms in total. The first-order chi connectivity index (χ1) is 11.1. The van der Waals surface area contributed by atoms with E-state index in [9.17, 15) is 9.59 Å². The van der Waals surface area contributed by atoms with Crippen molar-refractivity contribution in [2.24, 2.45) is 0 Å². The van der Waals surface area contributed by atoms with Gasteiger partial charge in [0.2, 0.25) is 0 Å². The highest BCUT2D eigenvalue weighted by molar-refractivity contribution is 7.22. The third-order valence-electron chi connectivity index (χ3n) is 3.19.